The minimum absolute atomic E-state index is 0.340. The molecule has 2 fully saturated rings. The SMILES string of the molecule is C#Cc1cc(B2OC(C)(C)C(C)(C)O2)ccc1C1CCOCC1. The van der Waals surface area contributed by atoms with Crippen LogP contribution in [-0.4, -0.2) is 31.5 Å². The van der Waals surface area contributed by atoms with Crippen molar-refractivity contribution in [1.82, 2.24) is 0 Å². The van der Waals surface area contributed by atoms with Gasteiger partial charge in [0.05, 0.1) is 11.2 Å². The molecular formula is C19H25BO3. The highest BCUT2D eigenvalue weighted by Crippen LogP contribution is 2.37. The second-order valence-corrected chi connectivity index (χ2v) is 7.47. The summed E-state index contributed by atoms with van der Waals surface area (Å²) in [6.07, 6.45) is 7.83. The van der Waals surface area contributed by atoms with Gasteiger partial charge in [0.15, 0.2) is 0 Å². The van der Waals surface area contributed by atoms with E-state index >= 15 is 0 Å². The topological polar surface area (TPSA) is 27.7 Å². The van der Waals surface area contributed by atoms with Crippen molar-refractivity contribution in [1.29, 1.82) is 0 Å². The standard InChI is InChI=1S/C19H25BO3/c1-6-14-13-16(20-22-18(2,3)19(4,5)23-20)7-8-17(14)15-9-11-21-12-10-15/h1,7-8,13,15H,9-12H2,2-5H3. The van der Waals surface area contributed by atoms with Gasteiger partial charge in [0.25, 0.3) is 0 Å². The molecular weight excluding hydrogens is 287 g/mol. The van der Waals surface area contributed by atoms with Crippen molar-refractivity contribution in [3.05, 3.63) is 29.3 Å². The third-order valence-electron chi connectivity index (χ3n) is 5.42. The zero-order valence-corrected chi connectivity index (χ0v) is 14.5. The smallest absolute Gasteiger partial charge is 0.399 e. The predicted molar refractivity (Wildman–Crippen MR) is 92.9 cm³/mol. The van der Waals surface area contributed by atoms with E-state index in [-0.39, 0.29) is 18.3 Å². The van der Waals surface area contributed by atoms with Gasteiger partial charge in [-0.15, -0.1) is 6.42 Å². The maximum Gasteiger partial charge on any atom is 0.494 e. The number of benzene rings is 1. The summed E-state index contributed by atoms with van der Waals surface area (Å²) in [7, 11) is -0.365. The zero-order chi connectivity index (χ0) is 16.7. The monoisotopic (exact) mass is 312 g/mol. The Morgan fingerprint density at radius 2 is 1.70 bits per heavy atom. The van der Waals surface area contributed by atoms with E-state index in [0.29, 0.717) is 5.92 Å². The second-order valence-electron chi connectivity index (χ2n) is 7.47. The molecule has 0 amide bonds. The Labute approximate surface area is 139 Å². The van der Waals surface area contributed by atoms with E-state index in [4.69, 9.17) is 20.5 Å². The van der Waals surface area contributed by atoms with Crippen LogP contribution in [-0.2, 0) is 14.0 Å². The zero-order valence-electron chi connectivity index (χ0n) is 14.5. The molecule has 3 nitrogen and oxygen atoms in total. The molecule has 4 heteroatoms. The molecule has 2 aliphatic heterocycles. The Kier molecular flexibility index (Phi) is 4.31. The molecule has 23 heavy (non-hydrogen) atoms. The van der Waals surface area contributed by atoms with E-state index < -0.39 is 0 Å². The normalized spacial score (nSPS) is 23.7. The number of rotatable bonds is 2. The molecule has 2 heterocycles. The summed E-state index contributed by atoms with van der Waals surface area (Å²) in [5.74, 6) is 3.33. The Morgan fingerprint density at radius 3 is 2.26 bits per heavy atom. The number of terminal acetylenes is 1. The lowest BCUT2D eigenvalue weighted by atomic mass is 9.76. The number of hydrogen-bond donors (Lipinski definition) is 0. The van der Waals surface area contributed by atoms with Gasteiger partial charge < -0.3 is 14.0 Å². The van der Waals surface area contributed by atoms with Crippen molar-refractivity contribution < 1.29 is 14.0 Å². The summed E-state index contributed by atoms with van der Waals surface area (Å²) >= 11 is 0. The molecule has 0 radical (unpaired) electrons. The van der Waals surface area contributed by atoms with Crippen molar-refractivity contribution in [2.75, 3.05) is 13.2 Å². The highest BCUT2D eigenvalue weighted by atomic mass is 16.7. The van der Waals surface area contributed by atoms with Crippen molar-refractivity contribution in [2.24, 2.45) is 0 Å². The van der Waals surface area contributed by atoms with Gasteiger partial charge in [0, 0.05) is 18.8 Å². The molecule has 2 saturated heterocycles. The molecule has 0 unspecified atom stereocenters. The van der Waals surface area contributed by atoms with E-state index in [2.05, 4.69) is 45.7 Å². The lowest BCUT2D eigenvalue weighted by Gasteiger charge is -2.32. The van der Waals surface area contributed by atoms with Gasteiger partial charge >= 0.3 is 7.12 Å². The summed E-state index contributed by atoms with van der Waals surface area (Å²) in [6, 6.07) is 6.28. The average Bonchev–Trinajstić information content (AvgIpc) is 2.75. The fraction of sp³-hybridized carbons (Fsp3) is 0.579. The molecule has 122 valence electrons. The van der Waals surface area contributed by atoms with Gasteiger partial charge in [-0.3, -0.25) is 0 Å². The van der Waals surface area contributed by atoms with Crippen LogP contribution < -0.4 is 5.46 Å². The van der Waals surface area contributed by atoms with Crippen molar-refractivity contribution in [3.63, 3.8) is 0 Å². The van der Waals surface area contributed by atoms with E-state index in [1.807, 2.05) is 6.07 Å². The maximum atomic E-state index is 6.12. The molecule has 0 N–H and O–H groups in total. The first-order valence-corrected chi connectivity index (χ1v) is 8.38. The fourth-order valence-electron chi connectivity index (χ4n) is 3.19. The first-order valence-electron chi connectivity index (χ1n) is 8.38. The van der Waals surface area contributed by atoms with Crippen LogP contribution in [0, 0.1) is 12.3 Å². The lowest BCUT2D eigenvalue weighted by Crippen LogP contribution is -2.41. The van der Waals surface area contributed by atoms with E-state index in [9.17, 15) is 0 Å². The molecule has 0 saturated carbocycles. The lowest BCUT2D eigenvalue weighted by molar-refractivity contribution is 0.00578. The maximum absolute atomic E-state index is 6.12. The van der Waals surface area contributed by atoms with Crippen molar-refractivity contribution >= 4 is 12.6 Å². The Morgan fingerprint density at radius 1 is 1.09 bits per heavy atom. The van der Waals surface area contributed by atoms with Crippen LogP contribution in [0.4, 0.5) is 0 Å². The number of hydrogen-bond acceptors (Lipinski definition) is 3. The summed E-state index contributed by atoms with van der Waals surface area (Å²) in [4.78, 5) is 0. The Bertz CT molecular complexity index is 608. The van der Waals surface area contributed by atoms with Gasteiger partial charge in [0.2, 0.25) is 0 Å². The van der Waals surface area contributed by atoms with E-state index in [1.54, 1.807) is 0 Å². The largest absolute Gasteiger partial charge is 0.494 e. The van der Waals surface area contributed by atoms with Crippen LogP contribution in [0.2, 0.25) is 0 Å². The number of ether oxygens (including phenoxy) is 1. The summed E-state index contributed by atoms with van der Waals surface area (Å²) in [6.45, 7) is 9.87. The summed E-state index contributed by atoms with van der Waals surface area (Å²) in [5, 5.41) is 0. The molecule has 1 aromatic rings. The quantitative estimate of drug-likeness (QED) is 0.621. The van der Waals surface area contributed by atoms with Crippen LogP contribution in [0.25, 0.3) is 0 Å². The van der Waals surface area contributed by atoms with Crippen LogP contribution >= 0.6 is 0 Å². The molecule has 2 aliphatic rings. The fourth-order valence-corrected chi connectivity index (χ4v) is 3.19. The van der Waals surface area contributed by atoms with Crippen molar-refractivity contribution in [2.45, 2.75) is 57.7 Å². The van der Waals surface area contributed by atoms with Gasteiger partial charge in [0.1, 0.15) is 0 Å². The highest BCUT2D eigenvalue weighted by molar-refractivity contribution is 6.62. The van der Waals surface area contributed by atoms with Gasteiger partial charge in [-0.1, -0.05) is 18.1 Å². The van der Waals surface area contributed by atoms with Crippen LogP contribution in [0.15, 0.2) is 18.2 Å². The molecule has 0 spiro atoms. The van der Waals surface area contributed by atoms with Crippen LogP contribution in [0.3, 0.4) is 0 Å². The molecule has 0 aromatic heterocycles. The first-order chi connectivity index (χ1) is 10.8. The van der Waals surface area contributed by atoms with Crippen LogP contribution in [0.5, 0.6) is 0 Å². The van der Waals surface area contributed by atoms with Crippen LogP contribution in [0.1, 0.15) is 57.6 Å². The van der Waals surface area contributed by atoms with E-state index in [1.165, 1.54) is 5.56 Å². The molecule has 1 aromatic carbocycles. The average molecular weight is 312 g/mol. The highest BCUT2D eigenvalue weighted by Gasteiger charge is 2.51. The Hall–Kier alpha value is -1.28. The van der Waals surface area contributed by atoms with Crippen molar-refractivity contribution in [3.8, 4) is 12.3 Å². The summed E-state index contributed by atoms with van der Waals surface area (Å²) < 4.78 is 17.7. The molecule has 0 aliphatic carbocycles. The molecule has 0 atom stereocenters. The minimum atomic E-state index is -0.365. The Balaban J connectivity index is 1.87. The predicted octanol–water partition coefficient (Wildman–Crippen LogP) is 2.86. The van der Waals surface area contributed by atoms with Gasteiger partial charge in [-0.2, -0.15) is 0 Å². The minimum Gasteiger partial charge on any atom is -0.399 e. The third-order valence-corrected chi connectivity index (χ3v) is 5.42. The summed E-state index contributed by atoms with van der Waals surface area (Å²) in [5.41, 5.74) is 2.51. The van der Waals surface area contributed by atoms with Gasteiger partial charge in [-0.05, 0) is 63.5 Å². The molecule has 3 rings (SSSR count). The van der Waals surface area contributed by atoms with E-state index in [0.717, 1.165) is 37.1 Å². The second kappa shape index (κ2) is 5.98. The third kappa shape index (κ3) is 3.06. The van der Waals surface area contributed by atoms with Gasteiger partial charge in [-0.25, -0.2) is 0 Å². The molecule has 0 bridgehead atoms. The first kappa shape index (κ1) is 16.6.